The Hall–Kier alpha value is -2.66. The highest BCUT2D eigenvalue weighted by Crippen LogP contribution is 2.25. The zero-order valence-electron chi connectivity index (χ0n) is 23.5. The fourth-order valence-electron chi connectivity index (χ4n) is 5.54. The zero-order chi connectivity index (χ0) is 28.4. The van der Waals surface area contributed by atoms with Crippen molar-refractivity contribution in [3.05, 3.63) is 54.1 Å². The lowest BCUT2D eigenvalue weighted by atomic mass is 9.95. The van der Waals surface area contributed by atoms with Crippen LogP contribution in [0.5, 0.6) is 11.5 Å². The molecule has 220 valence electrons. The summed E-state index contributed by atoms with van der Waals surface area (Å²) in [5.41, 5.74) is 1.70. The number of nitrogens with one attached hydrogen (secondary N) is 3. The number of benzene rings is 2. The molecule has 0 spiro atoms. The average Bonchev–Trinajstić information content (AvgIpc) is 2.94. The quantitative estimate of drug-likeness (QED) is 0.286. The summed E-state index contributed by atoms with van der Waals surface area (Å²) in [5.74, 6) is 1.44. The number of hydrogen-bond donors (Lipinski definition) is 4. The summed E-state index contributed by atoms with van der Waals surface area (Å²) in [7, 11) is -3.31. The summed E-state index contributed by atoms with van der Waals surface area (Å²) in [5, 5.41) is 16.2. The molecule has 2 fully saturated rings. The van der Waals surface area contributed by atoms with Gasteiger partial charge in [-0.2, -0.15) is 0 Å². The predicted molar refractivity (Wildman–Crippen MR) is 158 cm³/mol. The van der Waals surface area contributed by atoms with E-state index in [-0.39, 0.29) is 18.6 Å². The molecular formula is C30H44N4O5S. The number of ether oxygens (including phenoxy) is 1. The standard InChI is InChI=1S/C30H44N4O5S/c1-40(37,38)33-26-11-15-28(16-12-26)39-27-13-9-23(10-14-27)22-34-19-17-25(18-20-34)31-29(8-5-21-35)30(36)32-24-6-3-2-4-7-24/h9-16,24-25,29,31,33,35H,2-8,17-22H2,1H3,(H,32,36). The molecule has 2 aliphatic rings. The molecule has 1 heterocycles. The predicted octanol–water partition coefficient (Wildman–Crippen LogP) is 3.99. The number of hydrogen-bond acceptors (Lipinski definition) is 7. The summed E-state index contributed by atoms with van der Waals surface area (Å²) in [4.78, 5) is 15.4. The fourth-order valence-corrected chi connectivity index (χ4v) is 6.10. The third kappa shape index (κ3) is 10.1. The first-order valence-corrected chi connectivity index (χ1v) is 16.4. The van der Waals surface area contributed by atoms with Gasteiger partial charge >= 0.3 is 0 Å². The number of aliphatic hydroxyl groups is 1. The molecule has 0 radical (unpaired) electrons. The van der Waals surface area contributed by atoms with E-state index in [0.717, 1.165) is 57.3 Å². The van der Waals surface area contributed by atoms with Gasteiger partial charge in [-0.05, 0) is 93.6 Å². The monoisotopic (exact) mass is 572 g/mol. The molecule has 4 N–H and O–H groups in total. The fraction of sp³-hybridized carbons (Fsp3) is 0.567. The molecule has 4 rings (SSSR count). The molecule has 1 amide bonds. The van der Waals surface area contributed by atoms with Crippen molar-refractivity contribution in [3.8, 4) is 11.5 Å². The number of aliphatic hydroxyl groups excluding tert-OH is 1. The van der Waals surface area contributed by atoms with E-state index < -0.39 is 10.0 Å². The topological polar surface area (TPSA) is 120 Å². The number of sulfonamides is 1. The van der Waals surface area contributed by atoms with Crippen LogP contribution in [-0.2, 0) is 21.4 Å². The Kier molecular flexibility index (Phi) is 11.2. The lowest BCUT2D eigenvalue weighted by Crippen LogP contribution is -2.53. The van der Waals surface area contributed by atoms with Crippen LogP contribution in [0.25, 0.3) is 0 Å². The molecule has 1 aliphatic heterocycles. The van der Waals surface area contributed by atoms with E-state index in [0.29, 0.717) is 36.4 Å². The molecule has 0 bridgehead atoms. The van der Waals surface area contributed by atoms with Gasteiger partial charge in [0.1, 0.15) is 11.5 Å². The van der Waals surface area contributed by atoms with E-state index in [4.69, 9.17) is 4.74 Å². The number of anilines is 1. The smallest absolute Gasteiger partial charge is 0.237 e. The molecule has 1 saturated carbocycles. The summed E-state index contributed by atoms with van der Waals surface area (Å²) < 4.78 is 31.1. The van der Waals surface area contributed by atoms with Gasteiger partial charge in [0, 0.05) is 30.9 Å². The van der Waals surface area contributed by atoms with E-state index >= 15 is 0 Å². The maximum Gasteiger partial charge on any atom is 0.237 e. The number of nitrogens with zero attached hydrogens (tertiary/aromatic N) is 1. The Bertz CT molecular complexity index is 1160. The summed E-state index contributed by atoms with van der Waals surface area (Å²) in [6.45, 7) is 2.88. The van der Waals surface area contributed by atoms with Crippen LogP contribution in [0.2, 0.25) is 0 Å². The van der Waals surface area contributed by atoms with Crippen molar-refractivity contribution in [1.29, 1.82) is 0 Å². The SMILES string of the molecule is CS(=O)(=O)Nc1ccc(Oc2ccc(CN3CCC(NC(CCCO)C(=O)NC4CCCCC4)CC3)cc2)cc1. The van der Waals surface area contributed by atoms with E-state index in [1.165, 1.54) is 24.8 Å². The lowest BCUT2D eigenvalue weighted by molar-refractivity contribution is -0.124. The van der Waals surface area contributed by atoms with Gasteiger partial charge in [-0.25, -0.2) is 8.42 Å². The second-order valence-electron chi connectivity index (χ2n) is 11.1. The summed E-state index contributed by atoms with van der Waals surface area (Å²) in [6.07, 6.45) is 10.2. The van der Waals surface area contributed by atoms with Gasteiger partial charge in [-0.15, -0.1) is 0 Å². The van der Waals surface area contributed by atoms with Gasteiger partial charge < -0.3 is 20.5 Å². The van der Waals surface area contributed by atoms with E-state index in [1.807, 2.05) is 12.1 Å². The molecular weight excluding hydrogens is 528 g/mol. The first-order valence-electron chi connectivity index (χ1n) is 14.5. The van der Waals surface area contributed by atoms with Crippen LogP contribution in [-0.4, -0.2) is 68.4 Å². The van der Waals surface area contributed by atoms with Gasteiger partial charge in [-0.1, -0.05) is 31.4 Å². The van der Waals surface area contributed by atoms with E-state index in [2.05, 4.69) is 32.4 Å². The van der Waals surface area contributed by atoms with Gasteiger partial charge in [-0.3, -0.25) is 14.4 Å². The molecule has 0 aromatic heterocycles. The number of likely N-dealkylation sites (tertiary alicyclic amines) is 1. The minimum Gasteiger partial charge on any atom is -0.457 e. The molecule has 1 aliphatic carbocycles. The molecule has 1 atom stereocenters. The number of amides is 1. The van der Waals surface area contributed by atoms with E-state index in [1.54, 1.807) is 24.3 Å². The van der Waals surface area contributed by atoms with Crippen LogP contribution in [0.3, 0.4) is 0 Å². The summed E-state index contributed by atoms with van der Waals surface area (Å²) in [6, 6.07) is 15.2. The Morgan fingerprint density at radius 2 is 1.57 bits per heavy atom. The van der Waals surface area contributed by atoms with Gasteiger partial charge in [0.05, 0.1) is 12.3 Å². The lowest BCUT2D eigenvalue weighted by Gasteiger charge is -2.35. The van der Waals surface area contributed by atoms with Crippen molar-refractivity contribution in [1.82, 2.24) is 15.5 Å². The largest absolute Gasteiger partial charge is 0.457 e. The minimum absolute atomic E-state index is 0.0894. The molecule has 9 nitrogen and oxygen atoms in total. The van der Waals surface area contributed by atoms with Crippen molar-refractivity contribution >= 4 is 21.6 Å². The molecule has 1 unspecified atom stereocenters. The normalized spacial score (nSPS) is 18.2. The molecule has 2 aromatic rings. The van der Waals surface area contributed by atoms with Crippen molar-refractivity contribution < 1.29 is 23.1 Å². The van der Waals surface area contributed by atoms with Gasteiger partial charge in [0.25, 0.3) is 0 Å². The van der Waals surface area contributed by atoms with Crippen molar-refractivity contribution in [2.75, 3.05) is 30.7 Å². The minimum atomic E-state index is -3.31. The molecule has 40 heavy (non-hydrogen) atoms. The van der Waals surface area contributed by atoms with Crippen molar-refractivity contribution in [2.24, 2.45) is 0 Å². The Labute approximate surface area is 238 Å². The first kappa shape index (κ1) is 30.3. The van der Waals surface area contributed by atoms with Crippen molar-refractivity contribution in [2.45, 2.75) is 82.5 Å². The Morgan fingerprint density at radius 1 is 0.950 bits per heavy atom. The molecule has 1 saturated heterocycles. The van der Waals surface area contributed by atoms with E-state index in [9.17, 15) is 18.3 Å². The number of carbonyl (C=O) groups excluding carboxylic acids is 1. The first-order chi connectivity index (χ1) is 19.3. The Balaban J connectivity index is 1.21. The highest BCUT2D eigenvalue weighted by atomic mass is 32.2. The van der Waals surface area contributed by atoms with Gasteiger partial charge in [0.15, 0.2) is 0 Å². The van der Waals surface area contributed by atoms with Gasteiger partial charge in [0.2, 0.25) is 15.9 Å². The average molecular weight is 573 g/mol. The maximum atomic E-state index is 13.0. The number of rotatable bonds is 13. The number of carbonyl (C=O) groups is 1. The van der Waals surface area contributed by atoms with Crippen LogP contribution >= 0.6 is 0 Å². The third-order valence-electron chi connectivity index (χ3n) is 7.67. The van der Waals surface area contributed by atoms with Crippen LogP contribution in [0.1, 0.15) is 63.4 Å². The van der Waals surface area contributed by atoms with Crippen LogP contribution in [0, 0.1) is 0 Å². The van der Waals surface area contributed by atoms with Crippen LogP contribution < -0.4 is 20.1 Å². The van der Waals surface area contributed by atoms with Crippen molar-refractivity contribution in [3.63, 3.8) is 0 Å². The molecule has 2 aromatic carbocycles. The van der Waals surface area contributed by atoms with Crippen LogP contribution in [0.15, 0.2) is 48.5 Å². The Morgan fingerprint density at radius 3 is 2.17 bits per heavy atom. The number of piperidine rings is 1. The molecule has 10 heteroatoms. The summed E-state index contributed by atoms with van der Waals surface area (Å²) >= 11 is 0. The maximum absolute atomic E-state index is 13.0. The highest BCUT2D eigenvalue weighted by Gasteiger charge is 2.27. The zero-order valence-corrected chi connectivity index (χ0v) is 24.3. The highest BCUT2D eigenvalue weighted by molar-refractivity contribution is 7.92. The van der Waals surface area contributed by atoms with Crippen LogP contribution in [0.4, 0.5) is 5.69 Å². The third-order valence-corrected chi connectivity index (χ3v) is 8.27. The second-order valence-corrected chi connectivity index (χ2v) is 12.9. The second kappa shape index (κ2) is 14.8.